The molecular weight excluding hydrogens is 426 g/mol. The van der Waals surface area contributed by atoms with Gasteiger partial charge in [0.25, 0.3) is 0 Å². The van der Waals surface area contributed by atoms with E-state index in [-0.39, 0.29) is 24.9 Å². The van der Waals surface area contributed by atoms with Crippen LogP contribution in [0.2, 0.25) is 0 Å². The van der Waals surface area contributed by atoms with Crippen molar-refractivity contribution >= 4 is 36.0 Å². The van der Waals surface area contributed by atoms with Gasteiger partial charge in [0.2, 0.25) is 5.91 Å². The summed E-state index contributed by atoms with van der Waals surface area (Å²) in [5.41, 5.74) is 1.04. The summed E-state index contributed by atoms with van der Waals surface area (Å²) in [5.74, 6) is 1.02. The van der Waals surface area contributed by atoms with Gasteiger partial charge >= 0.3 is 5.97 Å². The Labute approximate surface area is 190 Å². The van der Waals surface area contributed by atoms with Gasteiger partial charge in [0, 0.05) is 12.1 Å². The number of esters is 1. The van der Waals surface area contributed by atoms with E-state index in [1.165, 1.54) is 20.0 Å². The lowest BCUT2D eigenvalue weighted by Crippen LogP contribution is -2.48. The average molecular weight is 460 g/mol. The Bertz CT molecular complexity index is 659. The topological polar surface area (TPSA) is 71.1 Å². The normalized spacial score (nSPS) is 14.8. The number of carbonyl (C=O) groups is 2. The summed E-state index contributed by atoms with van der Waals surface area (Å²) in [5, 5.41) is 2.85. The SMILES string of the molecule is COC(=O)C(CCSC)NC(=O)CN(Cc1ccccc1OC)CN1CCCC1.Cl. The first-order valence-electron chi connectivity index (χ1n) is 10.00. The van der Waals surface area contributed by atoms with Gasteiger partial charge < -0.3 is 14.8 Å². The van der Waals surface area contributed by atoms with Gasteiger partial charge in [-0.2, -0.15) is 11.8 Å². The van der Waals surface area contributed by atoms with Gasteiger partial charge in [0.15, 0.2) is 0 Å². The van der Waals surface area contributed by atoms with Gasteiger partial charge in [0.05, 0.1) is 27.4 Å². The van der Waals surface area contributed by atoms with Gasteiger partial charge in [-0.05, 0) is 50.4 Å². The van der Waals surface area contributed by atoms with Crippen molar-refractivity contribution in [3.05, 3.63) is 29.8 Å². The average Bonchev–Trinajstić information content (AvgIpc) is 3.23. The van der Waals surface area contributed by atoms with Crippen molar-refractivity contribution in [2.75, 3.05) is 52.5 Å². The van der Waals surface area contributed by atoms with E-state index in [0.29, 0.717) is 19.6 Å². The van der Waals surface area contributed by atoms with E-state index >= 15 is 0 Å². The summed E-state index contributed by atoms with van der Waals surface area (Å²) < 4.78 is 10.3. The van der Waals surface area contributed by atoms with E-state index in [2.05, 4.69) is 15.1 Å². The Hall–Kier alpha value is -1.48. The summed E-state index contributed by atoms with van der Waals surface area (Å²) >= 11 is 1.64. The van der Waals surface area contributed by atoms with Crippen LogP contribution in [0.5, 0.6) is 5.75 Å². The minimum absolute atomic E-state index is 0. The predicted molar refractivity (Wildman–Crippen MR) is 123 cm³/mol. The standard InChI is InChI=1S/C21H33N3O4S.ClH/c1-27-19-9-5-4-8-17(19)14-24(16-23-11-6-7-12-23)15-20(25)22-18(10-13-29-3)21(26)28-2;/h4-5,8-9,18H,6-7,10-16H2,1-3H3,(H,22,25);1H. The van der Waals surface area contributed by atoms with E-state index in [0.717, 1.165) is 30.2 Å². The number of halogens is 1. The first-order chi connectivity index (χ1) is 14.1. The highest BCUT2D eigenvalue weighted by Gasteiger charge is 2.24. The van der Waals surface area contributed by atoms with Crippen molar-refractivity contribution in [1.82, 2.24) is 15.1 Å². The molecule has 1 amide bonds. The van der Waals surface area contributed by atoms with Gasteiger partial charge in [-0.25, -0.2) is 4.79 Å². The third-order valence-corrected chi connectivity index (χ3v) is 5.63. The van der Waals surface area contributed by atoms with Gasteiger partial charge in [-0.3, -0.25) is 14.6 Å². The fourth-order valence-corrected chi connectivity index (χ4v) is 3.98. The number of amides is 1. The number of rotatable bonds is 12. The molecule has 2 rings (SSSR count). The van der Waals surface area contributed by atoms with Crippen molar-refractivity contribution in [3.63, 3.8) is 0 Å². The van der Waals surface area contributed by atoms with Crippen LogP contribution in [-0.2, 0) is 20.9 Å². The largest absolute Gasteiger partial charge is 0.496 e. The zero-order valence-electron chi connectivity index (χ0n) is 18.1. The molecule has 170 valence electrons. The van der Waals surface area contributed by atoms with Crippen LogP contribution < -0.4 is 10.1 Å². The van der Waals surface area contributed by atoms with Crippen LogP contribution in [0, 0.1) is 0 Å². The molecule has 1 unspecified atom stereocenters. The Balaban J connectivity index is 0.00000450. The number of hydrogen-bond donors (Lipinski definition) is 1. The minimum atomic E-state index is -0.611. The lowest BCUT2D eigenvalue weighted by molar-refractivity contribution is -0.145. The van der Waals surface area contributed by atoms with Crippen LogP contribution in [0.1, 0.15) is 24.8 Å². The summed E-state index contributed by atoms with van der Waals surface area (Å²) in [7, 11) is 3.00. The quantitative estimate of drug-likeness (QED) is 0.481. The summed E-state index contributed by atoms with van der Waals surface area (Å²) in [4.78, 5) is 29.2. The number of nitrogens with one attached hydrogen (secondary N) is 1. The van der Waals surface area contributed by atoms with Crippen LogP contribution in [0.15, 0.2) is 24.3 Å². The smallest absolute Gasteiger partial charge is 0.328 e. The van der Waals surface area contributed by atoms with Gasteiger partial charge in [0.1, 0.15) is 11.8 Å². The lowest BCUT2D eigenvalue weighted by atomic mass is 10.2. The molecule has 1 aromatic rings. The third-order valence-electron chi connectivity index (χ3n) is 4.98. The fraction of sp³-hybridized carbons (Fsp3) is 0.619. The molecule has 0 bridgehead atoms. The number of thioether (sulfide) groups is 1. The Morgan fingerprint density at radius 3 is 2.57 bits per heavy atom. The molecular formula is C21H34ClN3O4S. The van der Waals surface area contributed by atoms with Crippen LogP contribution in [0.25, 0.3) is 0 Å². The molecule has 1 fully saturated rings. The molecule has 30 heavy (non-hydrogen) atoms. The summed E-state index contributed by atoms with van der Waals surface area (Å²) in [6, 6.07) is 7.25. The maximum absolute atomic E-state index is 12.7. The molecule has 1 aliphatic heterocycles. The lowest BCUT2D eigenvalue weighted by Gasteiger charge is -2.28. The molecule has 0 aromatic heterocycles. The third kappa shape index (κ3) is 8.71. The monoisotopic (exact) mass is 459 g/mol. The molecule has 0 saturated carbocycles. The molecule has 0 aliphatic carbocycles. The van der Waals surface area contributed by atoms with E-state index in [1.807, 2.05) is 30.5 Å². The van der Waals surface area contributed by atoms with Crippen LogP contribution >= 0.6 is 24.2 Å². The Morgan fingerprint density at radius 2 is 1.93 bits per heavy atom. The maximum atomic E-state index is 12.7. The van der Waals surface area contributed by atoms with Crippen molar-refractivity contribution in [2.45, 2.75) is 31.8 Å². The number of benzene rings is 1. The molecule has 1 atom stereocenters. The number of nitrogens with zero attached hydrogens (tertiary/aromatic N) is 2. The molecule has 0 radical (unpaired) electrons. The maximum Gasteiger partial charge on any atom is 0.328 e. The zero-order valence-corrected chi connectivity index (χ0v) is 19.7. The molecule has 7 nitrogen and oxygen atoms in total. The van der Waals surface area contributed by atoms with Crippen molar-refractivity contribution in [2.24, 2.45) is 0 Å². The number of likely N-dealkylation sites (tertiary alicyclic amines) is 1. The zero-order chi connectivity index (χ0) is 21.1. The Kier molecular flexibility index (Phi) is 12.8. The highest BCUT2D eigenvalue weighted by Crippen LogP contribution is 2.20. The van der Waals surface area contributed by atoms with Gasteiger partial charge in [-0.1, -0.05) is 18.2 Å². The number of hydrogen-bond acceptors (Lipinski definition) is 7. The molecule has 1 heterocycles. The van der Waals surface area contributed by atoms with Crippen molar-refractivity contribution in [1.29, 1.82) is 0 Å². The number of methoxy groups -OCH3 is 2. The fourth-order valence-electron chi connectivity index (χ4n) is 3.51. The minimum Gasteiger partial charge on any atom is -0.496 e. The number of carbonyl (C=O) groups excluding carboxylic acids is 2. The highest BCUT2D eigenvalue weighted by molar-refractivity contribution is 7.98. The van der Waals surface area contributed by atoms with Crippen molar-refractivity contribution in [3.8, 4) is 5.75 Å². The van der Waals surface area contributed by atoms with Crippen LogP contribution in [-0.4, -0.2) is 80.2 Å². The second-order valence-electron chi connectivity index (χ2n) is 7.19. The number of ether oxygens (including phenoxy) is 2. The van der Waals surface area contributed by atoms with Crippen LogP contribution in [0.4, 0.5) is 0 Å². The molecule has 1 saturated heterocycles. The van der Waals surface area contributed by atoms with Gasteiger partial charge in [-0.15, -0.1) is 12.4 Å². The van der Waals surface area contributed by atoms with E-state index in [9.17, 15) is 9.59 Å². The molecule has 1 aliphatic rings. The highest BCUT2D eigenvalue weighted by atomic mass is 35.5. The second kappa shape index (κ2) is 14.5. The Morgan fingerprint density at radius 1 is 1.23 bits per heavy atom. The first-order valence-corrected chi connectivity index (χ1v) is 11.4. The molecule has 1 N–H and O–H groups in total. The second-order valence-corrected chi connectivity index (χ2v) is 8.18. The molecule has 0 spiro atoms. The molecule has 1 aromatic carbocycles. The number of para-hydroxylation sites is 1. The predicted octanol–water partition coefficient (Wildman–Crippen LogP) is 2.38. The first kappa shape index (κ1) is 26.6. The van der Waals surface area contributed by atoms with Crippen LogP contribution in [0.3, 0.4) is 0 Å². The summed E-state index contributed by atoms with van der Waals surface area (Å²) in [6.07, 6.45) is 4.90. The summed E-state index contributed by atoms with van der Waals surface area (Å²) in [6.45, 7) is 3.60. The molecule has 9 heteroatoms. The van der Waals surface area contributed by atoms with E-state index in [4.69, 9.17) is 9.47 Å². The van der Waals surface area contributed by atoms with Crippen molar-refractivity contribution < 1.29 is 19.1 Å². The van der Waals surface area contributed by atoms with E-state index < -0.39 is 12.0 Å². The van der Waals surface area contributed by atoms with E-state index in [1.54, 1.807) is 18.9 Å².